The first-order valence-electron chi connectivity index (χ1n) is 14.3. The van der Waals surface area contributed by atoms with E-state index in [4.69, 9.17) is 14.2 Å². The summed E-state index contributed by atoms with van der Waals surface area (Å²) < 4.78 is 58.0. The molecule has 1 N–H and O–H groups in total. The lowest BCUT2D eigenvalue weighted by Crippen LogP contribution is -2.49. The van der Waals surface area contributed by atoms with Crippen molar-refractivity contribution in [2.24, 2.45) is 17.3 Å². The highest BCUT2D eigenvalue weighted by molar-refractivity contribution is 5.87. The molecule has 1 saturated carbocycles. The van der Waals surface area contributed by atoms with Gasteiger partial charge in [-0.05, 0) is 48.4 Å². The number of ether oxygens (including phenoxy) is 3. The fourth-order valence-corrected chi connectivity index (χ4v) is 6.64. The minimum atomic E-state index is -4.56. The molecule has 7 nitrogen and oxygen atoms in total. The van der Waals surface area contributed by atoms with E-state index in [0.717, 1.165) is 25.0 Å². The summed E-state index contributed by atoms with van der Waals surface area (Å²) in [6, 6.07) is 10.3. The monoisotopic (exact) mass is 591 g/mol. The molecule has 1 saturated heterocycles. The van der Waals surface area contributed by atoms with Gasteiger partial charge in [0.25, 0.3) is 0 Å². The number of hydrogen-bond acceptors (Lipinski definition) is 5. The van der Waals surface area contributed by atoms with Gasteiger partial charge in [-0.1, -0.05) is 57.5 Å². The summed E-state index contributed by atoms with van der Waals surface area (Å²) >= 11 is 0. The number of amides is 1. The van der Waals surface area contributed by atoms with Crippen molar-refractivity contribution >= 4 is 11.9 Å². The first-order valence-corrected chi connectivity index (χ1v) is 14.3. The van der Waals surface area contributed by atoms with E-state index in [2.05, 4.69) is 0 Å². The van der Waals surface area contributed by atoms with Crippen LogP contribution in [-0.4, -0.2) is 54.4 Å². The van der Waals surface area contributed by atoms with Gasteiger partial charge >= 0.3 is 12.1 Å². The number of carboxylic acid groups (broad SMARTS) is 1. The van der Waals surface area contributed by atoms with Gasteiger partial charge in [-0.3, -0.25) is 4.79 Å². The third-order valence-electron chi connectivity index (χ3n) is 8.60. The van der Waals surface area contributed by atoms with E-state index in [9.17, 15) is 27.9 Å². The van der Waals surface area contributed by atoms with E-state index in [1.165, 1.54) is 18.1 Å². The summed E-state index contributed by atoms with van der Waals surface area (Å²) in [5, 5.41) is 10.6. The van der Waals surface area contributed by atoms with E-state index in [-0.39, 0.29) is 29.9 Å². The number of carboxylic acids is 1. The van der Waals surface area contributed by atoms with Crippen molar-refractivity contribution in [1.29, 1.82) is 0 Å². The van der Waals surface area contributed by atoms with Crippen molar-refractivity contribution in [2.75, 3.05) is 14.2 Å². The van der Waals surface area contributed by atoms with Crippen LogP contribution in [0.1, 0.15) is 69.2 Å². The van der Waals surface area contributed by atoms with Crippen LogP contribution in [-0.2, 0) is 31.8 Å². The standard InChI is InChI=1S/C32H40F3NO6/c1-31(2,3)25-27(30(38)39)36(29(37)20-12-9-13-23(17-20)40-4)26(19-10-7-6-8-11-19)28(25)42-18-21-16-22(32(33,34)35)14-15-24(21)41-5/h6-8,10-11,14-16,20,23,25-28H,9,12-13,17-18H2,1-5H3,(H,38,39)/t20-,23-,25+,26-,27-,28-/m0/s1. The summed E-state index contributed by atoms with van der Waals surface area (Å²) in [4.78, 5) is 28.8. The average molecular weight is 592 g/mol. The number of aliphatic carboxylic acids is 1. The Morgan fingerprint density at radius 1 is 1.02 bits per heavy atom. The molecule has 0 unspecified atom stereocenters. The molecule has 1 amide bonds. The first kappa shape index (κ1) is 31.8. The molecule has 2 aromatic rings. The molecule has 42 heavy (non-hydrogen) atoms. The molecule has 4 rings (SSSR count). The second-order valence-corrected chi connectivity index (χ2v) is 12.3. The maximum absolute atomic E-state index is 14.3. The number of likely N-dealkylation sites (tertiary alicyclic amines) is 1. The first-order chi connectivity index (χ1) is 19.8. The zero-order valence-corrected chi connectivity index (χ0v) is 24.7. The molecule has 1 aliphatic heterocycles. The molecule has 1 aliphatic carbocycles. The van der Waals surface area contributed by atoms with Gasteiger partial charge in [0.2, 0.25) is 5.91 Å². The molecule has 2 aromatic carbocycles. The molecule has 0 radical (unpaired) electrons. The Balaban J connectivity index is 1.81. The molecule has 2 aliphatic rings. The van der Waals surface area contributed by atoms with Crippen molar-refractivity contribution in [3.8, 4) is 5.75 Å². The van der Waals surface area contributed by atoms with E-state index in [1.54, 1.807) is 7.11 Å². The van der Waals surface area contributed by atoms with Crippen molar-refractivity contribution < 1.29 is 42.1 Å². The molecule has 0 bridgehead atoms. The van der Waals surface area contributed by atoms with Crippen molar-refractivity contribution in [2.45, 2.75) is 83.5 Å². The summed E-state index contributed by atoms with van der Waals surface area (Å²) in [7, 11) is 2.98. The van der Waals surface area contributed by atoms with Crippen LogP contribution in [0.25, 0.3) is 0 Å². The fourth-order valence-electron chi connectivity index (χ4n) is 6.64. The Kier molecular flexibility index (Phi) is 9.57. The quantitative estimate of drug-likeness (QED) is 0.377. The number of nitrogens with zero attached hydrogens (tertiary/aromatic N) is 1. The van der Waals surface area contributed by atoms with Crippen LogP contribution in [0.5, 0.6) is 5.75 Å². The van der Waals surface area contributed by atoms with Crippen LogP contribution in [0.2, 0.25) is 0 Å². The van der Waals surface area contributed by atoms with E-state index in [0.29, 0.717) is 18.4 Å². The number of rotatable bonds is 8. The Hall–Kier alpha value is -3.11. The molecule has 10 heteroatoms. The molecule has 2 fully saturated rings. The molecule has 1 heterocycles. The van der Waals surface area contributed by atoms with Gasteiger partial charge < -0.3 is 24.2 Å². The lowest BCUT2D eigenvalue weighted by atomic mass is 9.73. The molecule has 0 spiro atoms. The number of carbonyl (C=O) groups excluding carboxylic acids is 1. The lowest BCUT2D eigenvalue weighted by molar-refractivity contribution is -0.155. The molecular formula is C32H40F3NO6. The zero-order valence-electron chi connectivity index (χ0n) is 24.7. The zero-order chi connectivity index (χ0) is 30.8. The normalized spacial score (nSPS) is 26.7. The van der Waals surface area contributed by atoms with Gasteiger partial charge in [-0.2, -0.15) is 13.2 Å². The van der Waals surface area contributed by atoms with Gasteiger partial charge in [-0.15, -0.1) is 0 Å². The van der Waals surface area contributed by atoms with Crippen LogP contribution < -0.4 is 4.74 Å². The highest BCUT2D eigenvalue weighted by Gasteiger charge is 2.59. The largest absolute Gasteiger partial charge is 0.496 e. The van der Waals surface area contributed by atoms with Crippen LogP contribution in [0.3, 0.4) is 0 Å². The van der Waals surface area contributed by atoms with Crippen molar-refractivity contribution in [3.05, 3.63) is 65.2 Å². The van der Waals surface area contributed by atoms with E-state index >= 15 is 0 Å². The number of methoxy groups -OCH3 is 2. The van der Waals surface area contributed by atoms with Crippen LogP contribution >= 0.6 is 0 Å². The minimum Gasteiger partial charge on any atom is -0.496 e. The van der Waals surface area contributed by atoms with Crippen molar-refractivity contribution in [3.63, 3.8) is 0 Å². The summed E-state index contributed by atoms with van der Waals surface area (Å²) in [5.74, 6) is -2.29. The SMILES string of the molecule is COc1ccc(C(F)(F)F)cc1CO[C@H]1[C@H](C(C)(C)C)[C@@H](C(=O)O)N(C(=O)[C@H]2CCC[C@H](OC)C2)[C@H]1c1ccccc1. The molecule has 0 aromatic heterocycles. The summed E-state index contributed by atoms with van der Waals surface area (Å²) in [6.07, 6.45) is -2.75. The molecule has 6 atom stereocenters. The van der Waals surface area contributed by atoms with Gasteiger partial charge in [0.1, 0.15) is 11.8 Å². The fraction of sp³-hybridized carbons (Fsp3) is 0.562. The maximum Gasteiger partial charge on any atom is 0.416 e. The molecular weight excluding hydrogens is 551 g/mol. The van der Waals surface area contributed by atoms with E-state index in [1.807, 2.05) is 51.1 Å². The predicted molar refractivity (Wildman–Crippen MR) is 150 cm³/mol. The topological polar surface area (TPSA) is 85.3 Å². The second kappa shape index (κ2) is 12.6. The maximum atomic E-state index is 14.3. The number of carbonyl (C=O) groups is 2. The Labute approximate surface area is 244 Å². The van der Waals surface area contributed by atoms with Gasteiger partial charge in [0.15, 0.2) is 0 Å². The highest BCUT2D eigenvalue weighted by atomic mass is 19.4. The Bertz CT molecular complexity index is 1250. The summed E-state index contributed by atoms with van der Waals surface area (Å²) in [6.45, 7) is 5.42. The minimum absolute atomic E-state index is 0.0902. The number of halogens is 3. The second-order valence-electron chi connectivity index (χ2n) is 12.3. The van der Waals surface area contributed by atoms with Crippen LogP contribution in [0, 0.1) is 17.3 Å². The Morgan fingerprint density at radius 2 is 1.71 bits per heavy atom. The molecule has 230 valence electrons. The third-order valence-corrected chi connectivity index (χ3v) is 8.60. The van der Waals surface area contributed by atoms with Gasteiger partial charge in [0.05, 0.1) is 37.5 Å². The summed E-state index contributed by atoms with van der Waals surface area (Å²) in [5.41, 5.74) is -0.608. The third kappa shape index (κ3) is 6.59. The average Bonchev–Trinajstić information content (AvgIpc) is 3.31. The van der Waals surface area contributed by atoms with Gasteiger partial charge in [0, 0.05) is 24.5 Å². The van der Waals surface area contributed by atoms with Crippen LogP contribution in [0.4, 0.5) is 13.2 Å². The van der Waals surface area contributed by atoms with Gasteiger partial charge in [-0.25, -0.2) is 4.79 Å². The van der Waals surface area contributed by atoms with Crippen LogP contribution in [0.15, 0.2) is 48.5 Å². The van der Waals surface area contributed by atoms with E-state index < -0.39 is 53.1 Å². The smallest absolute Gasteiger partial charge is 0.416 e. The highest BCUT2D eigenvalue weighted by Crippen LogP contribution is 2.51. The number of alkyl halides is 3. The number of benzene rings is 2. The Morgan fingerprint density at radius 3 is 2.29 bits per heavy atom. The number of hydrogen-bond donors (Lipinski definition) is 1. The van der Waals surface area contributed by atoms with Crippen molar-refractivity contribution in [1.82, 2.24) is 4.90 Å². The predicted octanol–water partition coefficient (Wildman–Crippen LogP) is 6.50. The lowest BCUT2D eigenvalue weighted by Gasteiger charge is -2.36.